The average Bonchev–Trinajstić information content (AvgIpc) is 3.16. The molecule has 2 heterocycles. The van der Waals surface area contributed by atoms with Gasteiger partial charge in [-0.25, -0.2) is 0 Å². The lowest BCUT2D eigenvalue weighted by atomic mass is 10.1. The molecule has 2 N–H and O–H groups in total. The minimum Gasteiger partial charge on any atom is -0.368 e. The van der Waals surface area contributed by atoms with Gasteiger partial charge in [0.05, 0.1) is 0 Å². The van der Waals surface area contributed by atoms with Crippen molar-refractivity contribution >= 4 is 29.1 Å². The van der Waals surface area contributed by atoms with E-state index in [1.807, 2.05) is 44.2 Å². The molecule has 2 aromatic carbocycles. The third-order valence-electron chi connectivity index (χ3n) is 6.41. The zero-order valence-electron chi connectivity index (χ0n) is 18.0. The van der Waals surface area contributed by atoms with Crippen molar-refractivity contribution in [2.24, 2.45) is 11.7 Å². The van der Waals surface area contributed by atoms with E-state index in [0.29, 0.717) is 44.7 Å². The zero-order valence-corrected chi connectivity index (χ0v) is 18.0. The lowest BCUT2D eigenvalue weighted by molar-refractivity contribution is -0.140. The first-order chi connectivity index (χ1) is 14.8. The smallest absolute Gasteiger partial charge is 0.248 e. The van der Waals surface area contributed by atoms with E-state index in [0.717, 1.165) is 16.9 Å². The Morgan fingerprint density at radius 2 is 1.52 bits per heavy atom. The van der Waals surface area contributed by atoms with Crippen molar-refractivity contribution in [2.45, 2.75) is 20.3 Å². The van der Waals surface area contributed by atoms with Gasteiger partial charge >= 0.3 is 0 Å². The summed E-state index contributed by atoms with van der Waals surface area (Å²) < 4.78 is 0. The highest BCUT2D eigenvalue weighted by molar-refractivity contribution is 6.09. The van der Waals surface area contributed by atoms with Gasteiger partial charge < -0.3 is 20.4 Å². The Labute approximate surface area is 182 Å². The molecule has 3 amide bonds. The summed E-state index contributed by atoms with van der Waals surface area (Å²) in [5.74, 6) is -1.21. The molecule has 0 spiro atoms. The van der Waals surface area contributed by atoms with Gasteiger partial charge in [-0.3, -0.25) is 14.4 Å². The van der Waals surface area contributed by atoms with Crippen LogP contribution in [0.3, 0.4) is 0 Å². The van der Waals surface area contributed by atoms with E-state index in [4.69, 9.17) is 5.73 Å². The van der Waals surface area contributed by atoms with Gasteiger partial charge in [-0.05, 0) is 67.8 Å². The third kappa shape index (κ3) is 4.13. The van der Waals surface area contributed by atoms with E-state index in [1.54, 1.807) is 21.9 Å². The molecule has 162 valence electrons. The topological polar surface area (TPSA) is 86.9 Å². The quantitative estimate of drug-likeness (QED) is 0.768. The zero-order chi connectivity index (χ0) is 22.1. The highest BCUT2D eigenvalue weighted by atomic mass is 16.2. The Morgan fingerprint density at radius 1 is 0.871 bits per heavy atom. The number of piperazine rings is 1. The first-order valence-electron chi connectivity index (χ1n) is 10.7. The number of nitrogens with two attached hydrogens (primary N) is 1. The number of hydrogen-bond acceptors (Lipinski definition) is 4. The number of anilines is 2. The maximum absolute atomic E-state index is 13.1. The van der Waals surface area contributed by atoms with Gasteiger partial charge in [-0.1, -0.05) is 6.07 Å². The van der Waals surface area contributed by atoms with Crippen LogP contribution in [0.25, 0.3) is 0 Å². The van der Waals surface area contributed by atoms with Crippen LogP contribution in [0.1, 0.15) is 27.9 Å². The molecule has 2 aliphatic rings. The monoisotopic (exact) mass is 420 g/mol. The summed E-state index contributed by atoms with van der Waals surface area (Å²) in [5, 5.41) is 0. The average molecular weight is 421 g/mol. The van der Waals surface area contributed by atoms with Crippen LogP contribution >= 0.6 is 0 Å². The van der Waals surface area contributed by atoms with Crippen molar-refractivity contribution in [3.8, 4) is 0 Å². The Morgan fingerprint density at radius 3 is 2.13 bits per heavy atom. The van der Waals surface area contributed by atoms with Gasteiger partial charge in [-0.15, -0.1) is 0 Å². The second kappa shape index (κ2) is 8.41. The number of benzene rings is 2. The van der Waals surface area contributed by atoms with E-state index in [9.17, 15) is 14.4 Å². The highest BCUT2D eigenvalue weighted by Gasteiger charge is 2.40. The van der Waals surface area contributed by atoms with Crippen LogP contribution in [0.4, 0.5) is 11.4 Å². The van der Waals surface area contributed by atoms with Crippen molar-refractivity contribution in [1.29, 1.82) is 0 Å². The molecular formula is C24H28N4O3. The van der Waals surface area contributed by atoms with Crippen LogP contribution < -0.4 is 15.5 Å². The van der Waals surface area contributed by atoms with Crippen molar-refractivity contribution in [2.75, 3.05) is 42.5 Å². The predicted molar refractivity (Wildman–Crippen MR) is 120 cm³/mol. The molecule has 2 saturated heterocycles. The number of hydrogen-bond donors (Lipinski definition) is 1. The molecule has 7 heteroatoms. The molecule has 7 nitrogen and oxygen atoms in total. The maximum atomic E-state index is 13.1. The van der Waals surface area contributed by atoms with Crippen molar-refractivity contribution < 1.29 is 14.4 Å². The number of rotatable bonds is 4. The molecule has 1 atom stereocenters. The first-order valence-corrected chi connectivity index (χ1v) is 10.7. The summed E-state index contributed by atoms with van der Waals surface area (Å²) in [6.45, 7) is 7.16. The molecule has 1 unspecified atom stereocenters. The lowest BCUT2D eigenvalue weighted by Crippen LogP contribution is -2.51. The second-order valence-electron chi connectivity index (χ2n) is 8.32. The molecule has 2 fully saturated rings. The van der Waals surface area contributed by atoms with Gasteiger partial charge in [0.2, 0.25) is 17.7 Å². The molecule has 0 radical (unpaired) electrons. The number of carbonyl (C=O) groups is 3. The predicted octanol–water partition coefficient (Wildman–Crippen LogP) is 2.10. The van der Waals surface area contributed by atoms with E-state index >= 15 is 0 Å². The summed E-state index contributed by atoms with van der Waals surface area (Å²) in [7, 11) is 0. The summed E-state index contributed by atoms with van der Waals surface area (Å²) in [6.07, 6.45) is 0.555. The fraction of sp³-hybridized carbons (Fsp3) is 0.375. The van der Waals surface area contributed by atoms with Crippen LogP contribution in [0.2, 0.25) is 0 Å². The van der Waals surface area contributed by atoms with E-state index in [1.165, 1.54) is 5.56 Å². The molecule has 4 rings (SSSR count). The van der Waals surface area contributed by atoms with E-state index in [2.05, 4.69) is 4.90 Å². The fourth-order valence-electron chi connectivity index (χ4n) is 4.30. The summed E-state index contributed by atoms with van der Waals surface area (Å²) >= 11 is 0. The maximum Gasteiger partial charge on any atom is 0.248 e. The van der Waals surface area contributed by atoms with Gasteiger partial charge in [-0.2, -0.15) is 0 Å². The molecule has 31 heavy (non-hydrogen) atoms. The third-order valence-corrected chi connectivity index (χ3v) is 6.41. The second-order valence-corrected chi connectivity index (χ2v) is 8.32. The molecule has 0 bridgehead atoms. The molecular weight excluding hydrogens is 392 g/mol. The Bertz CT molecular complexity index is 1010. The number of carbonyl (C=O) groups excluding carboxylic acids is 3. The molecule has 0 aromatic heterocycles. The van der Waals surface area contributed by atoms with E-state index in [-0.39, 0.29) is 11.8 Å². The van der Waals surface area contributed by atoms with Crippen LogP contribution in [0.15, 0.2) is 42.5 Å². The Hall–Kier alpha value is -3.35. The minimum absolute atomic E-state index is 0.0694. The van der Waals surface area contributed by atoms with E-state index < -0.39 is 11.8 Å². The van der Waals surface area contributed by atoms with Crippen molar-refractivity contribution in [1.82, 2.24) is 4.90 Å². The Kier molecular flexibility index (Phi) is 5.67. The molecule has 0 saturated carbocycles. The van der Waals surface area contributed by atoms with Crippen molar-refractivity contribution in [3.05, 3.63) is 59.2 Å². The first kappa shape index (κ1) is 20.9. The molecule has 0 aliphatic carbocycles. The van der Waals surface area contributed by atoms with Crippen LogP contribution in [0.5, 0.6) is 0 Å². The lowest BCUT2D eigenvalue weighted by Gasteiger charge is -2.37. The van der Waals surface area contributed by atoms with Crippen molar-refractivity contribution in [3.63, 3.8) is 0 Å². The minimum atomic E-state index is -0.594. The summed E-state index contributed by atoms with van der Waals surface area (Å²) in [4.78, 5) is 43.0. The molecule has 2 aromatic rings. The Balaban J connectivity index is 1.37. The van der Waals surface area contributed by atoms with Gasteiger partial charge in [0, 0.05) is 49.7 Å². The van der Waals surface area contributed by atoms with Crippen LogP contribution in [-0.2, 0) is 9.59 Å². The largest absolute Gasteiger partial charge is 0.368 e. The number of aryl methyl sites for hydroxylation is 2. The van der Waals surface area contributed by atoms with Gasteiger partial charge in [0.15, 0.2) is 0 Å². The van der Waals surface area contributed by atoms with Crippen LogP contribution in [0, 0.1) is 19.8 Å². The van der Waals surface area contributed by atoms with Gasteiger partial charge in [0.25, 0.3) is 0 Å². The molecule has 2 aliphatic heterocycles. The van der Waals surface area contributed by atoms with Crippen LogP contribution in [-0.4, -0.2) is 55.3 Å². The fourth-order valence-corrected chi connectivity index (χ4v) is 4.30. The number of nitrogens with zero attached hydrogens (tertiary/aromatic N) is 3. The highest BCUT2D eigenvalue weighted by Crippen LogP contribution is 2.28. The SMILES string of the molecule is Cc1ccc(N2CCC(C(=O)N3CCN(c4ccc(C(N)=O)cc4)CC3)C2=O)cc1C. The number of amides is 3. The van der Waals surface area contributed by atoms with Gasteiger partial charge in [0.1, 0.15) is 5.92 Å². The normalized spacial score (nSPS) is 19.1. The summed E-state index contributed by atoms with van der Waals surface area (Å²) in [6, 6.07) is 13.2. The standard InChI is InChI=1S/C24H28N4O3/c1-16-3-6-20(15-17(16)2)28-10-9-21(24(28)31)23(30)27-13-11-26(12-14-27)19-7-4-18(5-8-19)22(25)29/h3-8,15,21H,9-14H2,1-2H3,(H2,25,29). The number of primary amides is 1. The summed E-state index contributed by atoms with van der Waals surface area (Å²) in [5.41, 5.74) is 9.96.